The van der Waals surface area contributed by atoms with Crippen LogP contribution in [0.15, 0.2) is 47.3 Å². The molecular weight excluding hydrogens is 324 g/mol. The lowest BCUT2D eigenvalue weighted by atomic mass is 9.78. The Morgan fingerprint density at radius 3 is 2.64 bits per heavy atom. The minimum absolute atomic E-state index is 0.229. The van der Waals surface area contributed by atoms with Crippen LogP contribution in [0.1, 0.15) is 24.0 Å². The highest BCUT2D eigenvalue weighted by atomic mass is 16.6. The number of fused-ring (bicyclic) bond motifs is 2. The summed E-state index contributed by atoms with van der Waals surface area (Å²) in [6, 6.07) is 9.09. The number of amides is 1. The van der Waals surface area contributed by atoms with Crippen LogP contribution in [-0.2, 0) is 21.7 Å². The Labute approximate surface area is 145 Å². The van der Waals surface area contributed by atoms with E-state index < -0.39 is 5.60 Å². The third-order valence-electron chi connectivity index (χ3n) is 4.94. The number of hydrogen-bond acceptors (Lipinski definition) is 6. The van der Waals surface area contributed by atoms with E-state index in [0.717, 1.165) is 5.56 Å². The molecule has 0 radical (unpaired) electrons. The van der Waals surface area contributed by atoms with Gasteiger partial charge in [0, 0.05) is 18.4 Å². The Bertz CT molecular complexity index is 704. The number of benzene rings is 1. The number of aromatic nitrogens is 1. The van der Waals surface area contributed by atoms with Crippen LogP contribution in [-0.4, -0.2) is 46.6 Å². The van der Waals surface area contributed by atoms with Gasteiger partial charge in [0.2, 0.25) is 0 Å². The Hall–Kier alpha value is -2.38. The average molecular weight is 344 g/mol. The van der Waals surface area contributed by atoms with E-state index in [1.807, 2.05) is 30.3 Å². The second kappa shape index (κ2) is 6.50. The van der Waals surface area contributed by atoms with Gasteiger partial charge in [0.05, 0.1) is 37.1 Å². The maximum Gasteiger partial charge on any atom is 0.410 e. The van der Waals surface area contributed by atoms with Crippen LogP contribution in [0.3, 0.4) is 0 Å². The summed E-state index contributed by atoms with van der Waals surface area (Å²) in [6.45, 7) is 0.988. The molecule has 7 nitrogen and oxygen atoms in total. The van der Waals surface area contributed by atoms with Crippen molar-refractivity contribution in [1.82, 2.24) is 10.1 Å². The number of carbonyl (C=O) groups excluding carboxylic acids is 1. The van der Waals surface area contributed by atoms with Crippen LogP contribution in [0.25, 0.3) is 0 Å². The second-order valence-corrected chi connectivity index (χ2v) is 6.65. The zero-order valence-corrected chi connectivity index (χ0v) is 13.7. The maximum absolute atomic E-state index is 12.6. The summed E-state index contributed by atoms with van der Waals surface area (Å²) in [5.41, 5.74) is 0.520. The number of nitrogens with zero attached hydrogens (tertiary/aromatic N) is 2. The largest absolute Gasteiger partial charge is 0.445 e. The van der Waals surface area contributed by atoms with Gasteiger partial charge in [-0.15, -0.1) is 0 Å². The molecule has 2 fully saturated rings. The monoisotopic (exact) mass is 344 g/mol. The van der Waals surface area contributed by atoms with Crippen molar-refractivity contribution in [2.45, 2.75) is 37.1 Å². The maximum atomic E-state index is 12.6. The Morgan fingerprint density at radius 1 is 1.28 bits per heavy atom. The fourth-order valence-corrected chi connectivity index (χ4v) is 3.74. The van der Waals surface area contributed by atoms with Crippen molar-refractivity contribution < 1.29 is 23.9 Å². The SMILES string of the molecule is O=C(OCc1ccccc1)N1C2COCC1CC(O)(c1cnoc1)C2. The summed E-state index contributed by atoms with van der Waals surface area (Å²) in [6.07, 6.45) is 3.35. The lowest BCUT2D eigenvalue weighted by Gasteiger charge is -2.50. The van der Waals surface area contributed by atoms with Gasteiger partial charge in [-0.25, -0.2) is 4.79 Å². The van der Waals surface area contributed by atoms with Gasteiger partial charge >= 0.3 is 6.09 Å². The molecule has 4 rings (SSSR count). The van der Waals surface area contributed by atoms with E-state index in [1.165, 1.54) is 12.5 Å². The number of aliphatic hydroxyl groups is 1. The smallest absolute Gasteiger partial charge is 0.410 e. The highest BCUT2D eigenvalue weighted by Crippen LogP contribution is 2.41. The fourth-order valence-electron chi connectivity index (χ4n) is 3.74. The minimum atomic E-state index is -1.06. The molecule has 2 unspecified atom stereocenters. The molecule has 2 saturated heterocycles. The number of carbonyl (C=O) groups is 1. The van der Waals surface area contributed by atoms with Gasteiger partial charge in [0.25, 0.3) is 0 Å². The molecule has 0 saturated carbocycles. The van der Waals surface area contributed by atoms with Gasteiger partial charge in [-0.2, -0.15) is 0 Å². The van der Waals surface area contributed by atoms with Crippen molar-refractivity contribution in [3.8, 4) is 0 Å². The molecule has 1 aromatic heterocycles. The fraction of sp³-hybridized carbons (Fsp3) is 0.444. The summed E-state index contributed by atoms with van der Waals surface area (Å²) < 4.78 is 15.9. The van der Waals surface area contributed by atoms with Crippen LogP contribution in [0.5, 0.6) is 0 Å². The predicted molar refractivity (Wildman–Crippen MR) is 86.5 cm³/mol. The molecule has 2 atom stereocenters. The molecule has 0 aliphatic carbocycles. The van der Waals surface area contributed by atoms with Crippen molar-refractivity contribution in [2.24, 2.45) is 0 Å². The normalized spacial score (nSPS) is 28.6. The number of morpholine rings is 1. The van der Waals surface area contributed by atoms with Gasteiger partial charge in [0.1, 0.15) is 12.9 Å². The molecule has 7 heteroatoms. The Balaban J connectivity index is 1.47. The average Bonchev–Trinajstić information content (AvgIpc) is 3.15. The molecule has 2 aromatic rings. The van der Waals surface area contributed by atoms with E-state index in [2.05, 4.69) is 5.16 Å². The van der Waals surface area contributed by atoms with Crippen molar-refractivity contribution in [3.63, 3.8) is 0 Å². The van der Waals surface area contributed by atoms with Gasteiger partial charge in [-0.05, 0) is 5.56 Å². The quantitative estimate of drug-likeness (QED) is 0.917. The molecule has 3 heterocycles. The Kier molecular flexibility index (Phi) is 4.19. The first kappa shape index (κ1) is 16.1. The summed E-state index contributed by atoms with van der Waals surface area (Å²) in [5, 5.41) is 14.7. The van der Waals surface area contributed by atoms with E-state index in [4.69, 9.17) is 14.0 Å². The zero-order chi connectivity index (χ0) is 17.3. The number of rotatable bonds is 3. The highest BCUT2D eigenvalue weighted by molar-refractivity contribution is 5.69. The molecule has 1 amide bonds. The van der Waals surface area contributed by atoms with Gasteiger partial charge in [-0.1, -0.05) is 35.5 Å². The van der Waals surface area contributed by atoms with Crippen LogP contribution in [0.2, 0.25) is 0 Å². The molecule has 132 valence electrons. The predicted octanol–water partition coefficient (Wildman–Crippen LogP) is 2.06. The summed E-state index contributed by atoms with van der Waals surface area (Å²) >= 11 is 0. The standard InChI is InChI=1S/C18H20N2O5/c21-17(24-9-13-4-2-1-3-5-13)20-15-6-18(22,14-8-19-25-10-14)7-16(20)12-23-11-15/h1-5,8,10,15-16,22H,6-7,9,11-12H2. The lowest BCUT2D eigenvalue weighted by Crippen LogP contribution is -2.62. The van der Waals surface area contributed by atoms with Crippen LogP contribution < -0.4 is 0 Å². The van der Waals surface area contributed by atoms with Crippen LogP contribution in [0.4, 0.5) is 4.79 Å². The third-order valence-corrected chi connectivity index (χ3v) is 4.94. The first-order valence-electron chi connectivity index (χ1n) is 8.35. The number of ether oxygens (including phenoxy) is 2. The van der Waals surface area contributed by atoms with Crippen molar-refractivity contribution >= 4 is 6.09 Å². The van der Waals surface area contributed by atoms with Crippen molar-refractivity contribution in [3.05, 3.63) is 53.9 Å². The van der Waals surface area contributed by atoms with Gasteiger partial charge in [-0.3, -0.25) is 4.90 Å². The van der Waals surface area contributed by atoms with Crippen LogP contribution >= 0.6 is 0 Å². The summed E-state index contributed by atoms with van der Waals surface area (Å²) in [5.74, 6) is 0. The molecular formula is C18H20N2O5. The Morgan fingerprint density at radius 2 is 2.00 bits per heavy atom. The number of hydrogen-bond donors (Lipinski definition) is 1. The van der Waals surface area contributed by atoms with E-state index >= 15 is 0 Å². The van der Waals surface area contributed by atoms with Crippen molar-refractivity contribution in [1.29, 1.82) is 0 Å². The molecule has 2 aliphatic heterocycles. The van der Waals surface area contributed by atoms with E-state index in [-0.39, 0.29) is 24.8 Å². The van der Waals surface area contributed by atoms with E-state index in [0.29, 0.717) is 31.6 Å². The lowest BCUT2D eigenvalue weighted by molar-refractivity contribution is -0.137. The van der Waals surface area contributed by atoms with Crippen molar-refractivity contribution in [2.75, 3.05) is 13.2 Å². The molecule has 2 aliphatic rings. The zero-order valence-electron chi connectivity index (χ0n) is 13.7. The van der Waals surface area contributed by atoms with E-state index in [9.17, 15) is 9.90 Å². The third kappa shape index (κ3) is 3.12. The van der Waals surface area contributed by atoms with Crippen LogP contribution in [0, 0.1) is 0 Å². The first-order chi connectivity index (χ1) is 12.2. The minimum Gasteiger partial charge on any atom is -0.445 e. The number of piperidine rings is 1. The summed E-state index contributed by atoms with van der Waals surface area (Å²) in [7, 11) is 0. The second-order valence-electron chi connectivity index (χ2n) is 6.65. The highest BCUT2D eigenvalue weighted by Gasteiger charge is 2.50. The molecule has 1 aromatic carbocycles. The van der Waals surface area contributed by atoms with E-state index in [1.54, 1.807) is 4.90 Å². The summed E-state index contributed by atoms with van der Waals surface area (Å²) in [4.78, 5) is 14.3. The van der Waals surface area contributed by atoms with Gasteiger partial charge in [0.15, 0.2) is 0 Å². The topological polar surface area (TPSA) is 85.0 Å². The van der Waals surface area contributed by atoms with Gasteiger partial charge < -0.3 is 19.1 Å². The molecule has 0 spiro atoms. The molecule has 25 heavy (non-hydrogen) atoms. The first-order valence-corrected chi connectivity index (χ1v) is 8.35. The molecule has 2 bridgehead atoms. The molecule has 1 N–H and O–H groups in total.